The highest BCUT2D eigenvalue weighted by Crippen LogP contribution is 2.66. The Balaban J connectivity index is 0.000000444. The van der Waals surface area contributed by atoms with Gasteiger partial charge in [0.2, 0.25) is 0 Å². The van der Waals surface area contributed by atoms with E-state index in [9.17, 15) is 4.79 Å². The van der Waals surface area contributed by atoms with Gasteiger partial charge in [-0.2, -0.15) is 0 Å². The highest BCUT2D eigenvalue weighted by atomic mass is 16.1. The Kier molecular flexibility index (Phi) is 7.19. The molecule has 0 spiro atoms. The summed E-state index contributed by atoms with van der Waals surface area (Å²) >= 11 is 0. The van der Waals surface area contributed by atoms with Crippen LogP contribution >= 0.6 is 0 Å². The van der Waals surface area contributed by atoms with Crippen molar-refractivity contribution in [2.45, 2.75) is 106 Å². The van der Waals surface area contributed by atoms with E-state index in [2.05, 4.69) is 34.6 Å². The monoisotopic (exact) mass is 360 g/mol. The standard InChI is InChI=1S/C20H30O.C3H8.C2H6/c1-13-4-7-17-16-6-5-14-12-15(21)8-10-20(14,3)18(16)9-11-19(13,17)2;1-3-2;1-2/h12-13,16-18H,4-11H2,1-3H3;3H2,1-2H3;1-2H3. The van der Waals surface area contributed by atoms with E-state index in [1.165, 1.54) is 50.5 Å². The molecule has 0 aromatic rings. The maximum atomic E-state index is 11.8. The number of fused-ring (bicyclic) bond motifs is 5. The molecule has 0 saturated heterocycles. The van der Waals surface area contributed by atoms with Crippen molar-refractivity contribution < 1.29 is 4.79 Å². The number of hydrogen-bond donors (Lipinski definition) is 0. The summed E-state index contributed by atoms with van der Waals surface area (Å²) in [4.78, 5) is 11.8. The van der Waals surface area contributed by atoms with Crippen LogP contribution in [0.2, 0.25) is 0 Å². The molecule has 0 radical (unpaired) electrons. The first-order valence-electron chi connectivity index (χ1n) is 11.6. The van der Waals surface area contributed by atoms with Crippen LogP contribution in [-0.2, 0) is 4.79 Å². The number of carbonyl (C=O) groups excluding carboxylic acids is 1. The minimum Gasteiger partial charge on any atom is -0.295 e. The van der Waals surface area contributed by atoms with E-state index in [0.717, 1.165) is 36.5 Å². The molecule has 0 aromatic heterocycles. The fraction of sp³-hybridized carbons (Fsp3) is 0.880. The van der Waals surface area contributed by atoms with Crippen LogP contribution in [0.1, 0.15) is 106 Å². The third-order valence-corrected chi connectivity index (χ3v) is 8.44. The van der Waals surface area contributed by atoms with Gasteiger partial charge in [-0.3, -0.25) is 4.79 Å². The SMILES string of the molecule is CC.CC1CCC2C3CCC4=CC(=O)CCC4(C)C3CCC12C.CCC. The van der Waals surface area contributed by atoms with E-state index in [1.54, 1.807) is 0 Å². The third kappa shape index (κ3) is 3.57. The quantitative estimate of drug-likeness (QED) is 0.434. The van der Waals surface area contributed by atoms with Crippen LogP contribution in [0.15, 0.2) is 11.6 Å². The lowest BCUT2D eigenvalue weighted by atomic mass is 9.47. The van der Waals surface area contributed by atoms with Gasteiger partial charge in [-0.25, -0.2) is 0 Å². The van der Waals surface area contributed by atoms with Crippen molar-refractivity contribution in [3.8, 4) is 0 Å². The van der Waals surface area contributed by atoms with Crippen molar-refractivity contribution in [3.63, 3.8) is 0 Å². The van der Waals surface area contributed by atoms with Gasteiger partial charge in [0.05, 0.1) is 0 Å². The fourth-order valence-corrected chi connectivity index (χ4v) is 6.82. The van der Waals surface area contributed by atoms with Gasteiger partial charge in [0, 0.05) is 6.42 Å². The van der Waals surface area contributed by atoms with Gasteiger partial charge >= 0.3 is 0 Å². The summed E-state index contributed by atoms with van der Waals surface area (Å²) in [6.45, 7) is 15.8. The maximum absolute atomic E-state index is 11.8. The molecule has 0 aromatic carbocycles. The largest absolute Gasteiger partial charge is 0.295 e. The molecular formula is C25H44O. The molecule has 4 aliphatic rings. The highest BCUT2D eigenvalue weighted by Gasteiger charge is 2.57. The molecule has 0 heterocycles. The zero-order valence-electron chi connectivity index (χ0n) is 18.7. The van der Waals surface area contributed by atoms with E-state index >= 15 is 0 Å². The van der Waals surface area contributed by atoms with Crippen LogP contribution in [0.3, 0.4) is 0 Å². The van der Waals surface area contributed by atoms with E-state index < -0.39 is 0 Å². The van der Waals surface area contributed by atoms with Gasteiger partial charge in [0.25, 0.3) is 0 Å². The Labute approximate surface area is 163 Å². The Morgan fingerprint density at radius 3 is 2.27 bits per heavy atom. The van der Waals surface area contributed by atoms with Crippen LogP contribution in [0.4, 0.5) is 0 Å². The van der Waals surface area contributed by atoms with Gasteiger partial charge in [-0.1, -0.05) is 60.5 Å². The van der Waals surface area contributed by atoms with Crippen LogP contribution in [0.25, 0.3) is 0 Å². The average molecular weight is 361 g/mol. The molecule has 0 aliphatic heterocycles. The van der Waals surface area contributed by atoms with Crippen LogP contribution in [0, 0.1) is 34.5 Å². The third-order valence-electron chi connectivity index (χ3n) is 8.44. The second kappa shape index (κ2) is 8.61. The first-order chi connectivity index (χ1) is 12.4. The molecule has 1 heteroatoms. The van der Waals surface area contributed by atoms with Gasteiger partial charge in [0.1, 0.15) is 0 Å². The van der Waals surface area contributed by atoms with Crippen molar-refractivity contribution in [1.82, 2.24) is 0 Å². The number of allylic oxidation sites excluding steroid dienone is 1. The first-order valence-corrected chi connectivity index (χ1v) is 11.6. The number of rotatable bonds is 0. The van der Waals surface area contributed by atoms with Crippen molar-refractivity contribution in [3.05, 3.63) is 11.6 Å². The second-order valence-electron chi connectivity index (χ2n) is 9.70. The van der Waals surface area contributed by atoms with Crippen molar-refractivity contribution >= 4 is 5.78 Å². The number of hydrogen-bond acceptors (Lipinski definition) is 1. The Morgan fingerprint density at radius 2 is 1.62 bits per heavy atom. The average Bonchev–Trinajstić information content (AvgIpc) is 2.93. The molecular weight excluding hydrogens is 316 g/mol. The molecule has 1 nitrogen and oxygen atoms in total. The van der Waals surface area contributed by atoms with E-state index in [4.69, 9.17) is 0 Å². The number of ketones is 1. The number of carbonyl (C=O) groups is 1. The summed E-state index contributed by atoms with van der Waals surface area (Å²) < 4.78 is 0. The van der Waals surface area contributed by atoms with Gasteiger partial charge < -0.3 is 0 Å². The minimum atomic E-state index is 0.351. The molecule has 3 saturated carbocycles. The van der Waals surface area contributed by atoms with Crippen molar-refractivity contribution in [1.29, 1.82) is 0 Å². The zero-order valence-corrected chi connectivity index (χ0v) is 18.7. The van der Waals surface area contributed by atoms with Crippen LogP contribution in [0.5, 0.6) is 0 Å². The molecule has 3 fully saturated rings. The summed E-state index contributed by atoms with van der Waals surface area (Å²) in [6.07, 6.45) is 13.5. The molecule has 4 rings (SSSR count). The molecule has 0 amide bonds. The van der Waals surface area contributed by atoms with Gasteiger partial charge in [-0.05, 0) is 85.5 Å². The minimum absolute atomic E-state index is 0.351. The summed E-state index contributed by atoms with van der Waals surface area (Å²) in [5.74, 6) is 4.05. The molecule has 6 atom stereocenters. The molecule has 0 N–H and O–H groups in total. The summed E-state index contributed by atoms with van der Waals surface area (Å²) in [5, 5.41) is 0. The highest BCUT2D eigenvalue weighted by molar-refractivity contribution is 5.91. The van der Waals surface area contributed by atoms with E-state index in [1.807, 2.05) is 19.9 Å². The van der Waals surface area contributed by atoms with Gasteiger partial charge in [-0.15, -0.1) is 0 Å². The molecule has 6 unspecified atom stereocenters. The molecule has 26 heavy (non-hydrogen) atoms. The van der Waals surface area contributed by atoms with E-state index in [-0.39, 0.29) is 0 Å². The van der Waals surface area contributed by atoms with Crippen molar-refractivity contribution in [2.75, 3.05) is 0 Å². The van der Waals surface area contributed by atoms with Gasteiger partial charge in [0.15, 0.2) is 5.78 Å². The molecule has 4 aliphatic carbocycles. The predicted molar refractivity (Wildman–Crippen MR) is 113 cm³/mol. The second-order valence-corrected chi connectivity index (χ2v) is 9.70. The summed E-state index contributed by atoms with van der Waals surface area (Å²) in [5.41, 5.74) is 2.47. The van der Waals surface area contributed by atoms with E-state index in [0.29, 0.717) is 16.6 Å². The zero-order chi connectivity index (χ0) is 19.5. The maximum Gasteiger partial charge on any atom is 0.155 e. The fourth-order valence-electron chi connectivity index (χ4n) is 6.82. The predicted octanol–water partition coefficient (Wildman–Crippen LogP) is 7.60. The Morgan fingerprint density at radius 1 is 0.962 bits per heavy atom. The topological polar surface area (TPSA) is 17.1 Å². The lowest BCUT2D eigenvalue weighted by Gasteiger charge is -2.58. The van der Waals surface area contributed by atoms with Crippen LogP contribution in [-0.4, -0.2) is 5.78 Å². The first kappa shape index (κ1) is 21.7. The summed E-state index contributed by atoms with van der Waals surface area (Å²) in [7, 11) is 0. The molecule has 150 valence electrons. The normalized spacial score (nSPS) is 43.5. The lowest BCUT2D eigenvalue weighted by molar-refractivity contribution is -0.117. The smallest absolute Gasteiger partial charge is 0.155 e. The molecule has 0 bridgehead atoms. The summed E-state index contributed by atoms with van der Waals surface area (Å²) in [6, 6.07) is 0. The lowest BCUT2D eigenvalue weighted by Crippen LogP contribution is -2.50. The Bertz CT molecular complexity index is 518. The van der Waals surface area contributed by atoms with Crippen LogP contribution < -0.4 is 0 Å². The van der Waals surface area contributed by atoms with Crippen molar-refractivity contribution in [2.24, 2.45) is 34.5 Å². The Hall–Kier alpha value is -0.590.